The molecular formula is C27H34N4O5. The number of piperidine rings is 1. The summed E-state index contributed by atoms with van der Waals surface area (Å²) in [5.74, 6) is -0.763. The highest BCUT2D eigenvalue weighted by molar-refractivity contribution is 6.22. The molecule has 0 spiro atoms. The molecule has 9 nitrogen and oxygen atoms in total. The zero-order chi connectivity index (χ0) is 25.7. The number of carbonyl (C=O) groups excluding carboxylic acids is 5. The minimum Gasteiger partial charge on any atom is -0.371 e. The number of benzene rings is 1. The second kappa shape index (κ2) is 11.5. The van der Waals surface area contributed by atoms with E-state index in [4.69, 9.17) is 0 Å². The third kappa shape index (κ3) is 5.50. The second-order valence-electron chi connectivity index (χ2n) is 9.77. The van der Waals surface area contributed by atoms with Crippen molar-refractivity contribution in [3.63, 3.8) is 0 Å². The molecule has 4 rings (SSSR count). The number of fused-ring (bicyclic) bond motifs is 1. The van der Waals surface area contributed by atoms with Gasteiger partial charge in [0.2, 0.25) is 11.8 Å². The smallest absolute Gasteiger partial charge is 0.262 e. The molecule has 3 aliphatic heterocycles. The molecule has 3 heterocycles. The molecule has 1 unspecified atom stereocenters. The highest BCUT2D eigenvalue weighted by Gasteiger charge is 2.42. The number of nitrogens with one attached hydrogen (secondary N) is 2. The van der Waals surface area contributed by atoms with Gasteiger partial charge in [-0.2, -0.15) is 0 Å². The van der Waals surface area contributed by atoms with Crippen LogP contribution in [0.25, 0.3) is 0 Å². The van der Waals surface area contributed by atoms with Gasteiger partial charge in [-0.05, 0) is 55.9 Å². The summed E-state index contributed by atoms with van der Waals surface area (Å²) in [4.78, 5) is 64.4. The average molecular weight is 495 g/mol. The molecule has 0 radical (unpaired) electrons. The minimum atomic E-state index is -0.501. The van der Waals surface area contributed by atoms with Crippen molar-refractivity contribution in [3.05, 3.63) is 41.5 Å². The van der Waals surface area contributed by atoms with E-state index in [-0.39, 0.29) is 42.5 Å². The molecule has 36 heavy (non-hydrogen) atoms. The summed E-state index contributed by atoms with van der Waals surface area (Å²) in [7, 11) is 0. The lowest BCUT2D eigenvalue weighted by atomic mass is 9.95. The summed E-state index contributed by atoms with van der Waals surface area (Å²) in [6, 6.07) is 4.84. The van der Waals surface area contributed by atoms with Crippen LogP contribution in [0.1, 0.15) is 72.1 Å². The Labute approximate surface area is 211 Å². The first kappa shape index (κ1) is 25.6. The predicted octanol–water partition coefficient (Wildman–Crippen LogP) is 2.21. The minimum absolute atomic E-state index is 0.0399. The van der Waals surface area contributed by atoms with Crippen molar-refractivity contribution in [3.8, 4) is 0 Å². The van der Waals surface area contributed by atoms with E-state index in [1.807, 2.05) is 6.07 Å². The normalized spacial score (nSPS) is 20.7. The molecule has 0 aromatic heterocycles. The number of rotatable bonds is 9. The largest absolute Gasteiger partial charge is 0.371 e. The first-order valence-electron chi connectivity index (χ1n) is 12.8. The van der Waals surface area contributed by atoms with Crippen LogP contribution in [0.15, 0.2) is 30.4 Å². The van der Waals surface area contributed by atoms with Crippen LogP contribution in [-0.4, -0.2) is 67.0 Å². The summed E-state index contributed by atoms with van der Waals surface area (Å²) in [5, 5.41) is 5.76. The van der Waals surface area contributed by atoms with Crippen LogP contribution in [0, 0.1) is 5.92 Å². The first-order chi connectivity index (χ1) is 17.4. The van der Waals surface area contributed by atoms with Crippen LogP contribution in [0.3, 0.4) is 0 Å². The Balaban J connectivity index is 1.34. The number of hydrogen-bond donors (Lipinski definition) is 2. The summed E-state index contributed by atoms with van der Waals surface area (Å²) in [6.07, 6.45) is 6.20. The zero-order valence-electron chi connectivity index (χ0n) is 20.6. The highest BCUT2D eigenvalue weighted by atomic mass is 16.2. The number of nitrogens with zero attached hydrogens (tertiary/aromatic N) is 2. The molecule has 9 heteroatoms. The molecule has 1 aromatic carbocycles. The Morgan fingerprint density at radius 2 is 1.81 bits per heavy atom. The van der Waals surface area contributed by atoms with Gasteiger partial charge < -0.3 is 20.3 Å². The van der Waals surface area contributed by atoms with Crippen LogP contribution in [-0.2, 0) is 14.4 Å². The lowest BCUT2D eigenvalue weighted by molar-refractivity contribution is -0.125. The fourth-order valence-corrected chi connectivity index (χ4v) is 5.21. The second-order valence-corrected chi connectivity index (χ2v) is 9.77. The summed E-state index contributed by atoms with van der Waals surface area (Å²) >= 11 is 0. The van der Waals surface area contributed by atoms with Gasteiger partial charge in [0.1, 0.15) is 6.29 Å². The summed E-state index contributed by atoms with van der Waals surface area (Å²) < 4.78 is 0. The summed E-state index contributed by atoms with van der Waals surface area (Å²) in [5.41, 5.74) is 2.27. The Kier molecular flexibility index (Phi) is 8.18. The van der Waals surface area contributed by atoms with E-state index in [0.29, 0.717) is 49.2 Å². The fourth-order valence-electron chi connectivity index (χ4n) is 5.21. The van der Waals surface area contributed by atoms with E-state index in [0.717, 1.165) is 44.1 Å². The van der Waals surface area contributed by atoms with E-state index >= 15 is 0 Å². The quantitative estimate of drug-likeness (QED) is 0.235. The molecular weight excluding hydrogens is 460 g/mol. The Bertz CT molecular complexity index is 1060. The molecule has 1 atom stereocenters. The van der Waals surface area contributed by atoms with Gasteiger partial charge in [-0.3, -0.25) is 24.1 Å². The molecule has 4 amide bonds. The molecule has 3 aliphatic rings. The number of imide groups is 1. The van der Waals surface area contributed by atoms with Crippen molar-refractivity contribution >= 4 is 35.6 Å². The molecule has 0 bridgehead atoms. The van der Waals surface area contributed by atoms with Gasteiger partial charge in [-0.1, -0.05) is 13.0 Å². The third-order valence-electron chi connectivity index (χ3n) is 7.37. The monoisotopic (exact) mass is 494 g/mol. The highest BCUT2D eigenvalue weighted by Crippen LogP contribution is 2.33. The van der Waals surface area contributed by atoms with Crippen molar-refractivity contribution in [2.75, 3.05) is 31.1 Å². The Morgan fingerprint density at radius 3 is 2.56 bits per heavy atom. The van der Waals surface area contributed by atoms with Gasteiger partial charge in [-0.25, -0.2) is 0 Å². The molecule has 1 aromatic rings. The molecule has 2 fully saturated rings. The SMILES string of the molecule is C=C1CNC(=O)CCC1N1C(=O)c2ccc(N3CCC(C(=O)NCCCCCC=O)CC3)cc2C1=O. The Morgan fingerprint density at radius 1 is 1.06 bits per heavy atom. The van der Waals surface area contributed by atoms with Gasteiger partial charge in [-0.15, -0.1) is 0 Å². The van der Waals surface area contributed by atoms with Gasteiger partial charge >= 0.3 is 0 Å². The number of amides is 4. The van der Waals surface area contributed by atoms with Crippen LogP contribution in [0.2, 0.25) is 0 Å². The van der Waals surface area contributed by atoms with Gasteiger partial charge in [0, 0.05) is 50.6 Å². The van der Waals surface area contributed by atoms with Crippen molar-refractivity contribution in [2.45, 2.75) is 57.4 Å². The van der Waals surface area contributed by atoms with E-state index in [2.05, 4.69) is 22.1 Å². The maximum atomic E-state index is 13.3. The fraction of sp³-hybridized carbons (Fsp3) is 0.519. The third-order valence-corrected chi connectivity index (χ3v) is 7.37. The maximum absolute atomic E-state index is 13.3. The molecule has 0 aliphatic carbocycles. The summed E-state index contributed by atoms with van der Waals surface area (Å²) in [6.45, 7) is 6.27. The lowest BCUT2D eigenvalue weighted by Crippen LogP contribution is -2.41. The van der Waals surface area contributed by atoms with Gasteiger partial charge in [0.25, 0.3) is 11.8 Å². The van der Waals surface area contributed by atoms with Crippen LogP contribution >= 0.6 is 0 Å². The van der Waals surface area contributed by atoms with Crippen LogP contribution in [0.5, 0.6) is 0 Å². The number of hydrogen-bond acceptors (Lipinski definition) is 6. The Hall–Kier alpha value is -3.49. The van der Waals surface area contributed by atoms with Gasteiger partial charge in [0.05, 0.1) is 17.2 Å². The molecule has 0 saturated carbocycles. The van der Waals surface area contributed by atoms with Crippen molar-refractivity contribution in [1.82, 2.24) is 15.5 Å². The topological polar surface area (TPSA) is 116 Å². The number of unbranched alkanes of at least 4 members (excludes halogenated alkanes) is 3. The lowest BCUT2D eigenvalue weighted by Gasteiger charge is -2.33. The number of carbonyl (C=O) groups is 5. The molecule has 2 N–H and O–H groups in total. The van der Waals surface area contributed by atoms with Crippen LogP contribution < -0.4 is 15.5 Å². The van der Waals surface area contributed by atoms with Crippen molar-refractivity contribution in [1.29, 1.82) is 0 Å². The predicted molar refractivity (Wildman–Crippen MR) is 135 cm³/mol. The molecule has 2 saturated heterocycles. The number of anilines is 1. The number of aldehydes is 1. The standard InChI is InChI=1S/C27H34N4O5/c1-18-17-29-24(33)9-8-23(18)31-26(35)21-7-6-20(16-22(21)27(31)36)30-13-10-19(11-14-30)25(34)28-12-4-2-3-5-15-32/h6-7,15-16,19,23H,1-5,8-14,17H2,(H,28,34)(H,29,33). The maximum Gasteiger partial charge on any atom is 0.262 e. The van der Waals surface area contributed by atoms with Crippen LogP contribution in [0.4, 0.5) is 5.69 Å². The van der Waals surface area contributed by atoms with E-state index in [1.54, 1.807) is 12.1 Å². The van der Waals surface area contributed by atoms with Crippen molar-refractivity contribution < 1.29 is 24.0 Å². The van der Waals surface area contributed by atoms with E-state index in [1.165, 1.54) is 4.90 Å². The van der Waals surface area contributed by atoms with Crippen molar-refractivity contribution in [2.24, 2.45) is 5.92 Å². The first-order valence-corrected chi connectivity index (χ1v) is 12.8. The van der Waals surface area contributed by atoms with E-state index < -0.39 is 6.04 Å². The molecule has 192 valence electrons. The zero-order valence-corrected chi connectivity index (χ0v) is 20.6. The average Bonchev–Trinajstić information content (AvgIpc) is 3.01. The van der Waals surface area contributed by atoms with E-state index in [9.17, 15) is 24.0 Å². The van der Waals surface area contributed by atoms with Gasteiger partial charge in [0.15, 0.2) is 0 Å².